The van der Waals surface area contributed by atoms with Crippen molar-refractivity contribution in [1.82, 2.24) is 9.88 Å². The molecule has 1 amide bonds. The standard InChI is InChI=1S/C13H18N2O3/c1-8(2)13(18)6-15(7-13)12(17)10-5-14-9(3)4-11(10)16/h4-5,8,18H,6-7H2,1-3H3,(H,14,16). The molecule has 5 nitrogen and oxygen atoms in total. The van der Waals surface area contributed by atoms with Crippen LogP contribution in [-0.2, 0) is 0 Å². The highest BCUT2D eigenvalue weighted by Crippen LogP contribution is 2.29. The van der Waals surface area contributed by atoms with E-state index in [0.717, 1.165) is 5.69 Å². The summed E-state index contributed by atoms with van der Waals surface area (Å²) in [5.74, 6) is -0.223. The Balaban J connectivity index is 2.13. The molecule has 0 aromatic carbocycles. The monoisotopic (exact) mass is 250 g/mol. The van der Waals surface area contributed by atoms with Crippen molar-refractivity contribution >= 4 is 5.91 Å². The van der Waals surface area contributed by atoms with Gasteiger partial charge in [-0.1, -0.05) is 13.8 Å². The number of carbonyl (C=O) groups excluding carboxylic acids is 1. The van der Waals surface area contributed by atoms with E-state index in [4.69, 9.17) is 0 Å². The lowest BCUT2D eigenvalue weighted by molar-refractivity contribution is -0.110. The number of β-amino-alcohol motifs (C(OH)–C–C–N with tert-alkyl or cyclic N) is 1. The van der Waals surface area contributed by atoms with E-state index in [1.54, 1.807) is 6.92 Å². The van der Waals surface area contributed by atoms with Gasteiger partial charge in [-0.15, -0.1) is 0 Å². The van der Waals surface area contributed by atoms with E-state index in [0.29, 0.717) is 0 Å². The maximum atomic E-state index is 12.1. The Morgan fingerprint density at radius 2 is 2.11 bits per heavy atom. The summed E-state index contributed by atoms with van der Waals surface area (Å²) in [5, 5.41) is 10.1. The minimum atomic E-state index is -0.812. The van der Waals surface area contributed by atoms with E-state index in [2.05, 4.69) is 4.98 Å². The van der Waals surface area contributed by atoms with Crippen molar-refractivity contribution in [2.75, 3.05) is 13.1 Å². The smallest absolute Gasteiger partial charge is 0.259 e. The molecule has 1 aliphatic rings. The predicted octanol–water partition coefficient (Wildman–Crippen LogP) is 0.526. The molecule has 18 heavy (non-hydrogen) atoms. The predicted molar refractivity (Wildman–Crippen MR) is 67.5 cm³/mol. The minimum Gasteiger partial charge on any atom is -0.386 e. The van der Waals surface area contributed by atoms with E-state index >= 15 is 0 Å². The fraction of sp³-hybridized carbons (Fsp3) is 0.538. The number of aryl methyl sites for hydroxylation is 1. The number of carbonyl (C=O) groups is 1. The molecule has 1 aliphatic heterocycles. The second-order valence-corrected chi connectivity index (χ2v) is 5.31. The largest absolute Gasteiger partial charge is 0.386 e. The van der Waals surface area contributed by atoms with Gasteiger partial charge < -0.3 is 15.0 Å². The normalized spacial score (nSPS) is 17.7. The first-order valence-corrected chi connectivity index (χ1v) is 6.04. The number of likely N-dealkylation sites (tertiary alicyclic amines) is 1. The van der Waals surface area contributed by atoms with Gasteiger partial charge in [0.2, 0.25) is 0 Å². The summed E-state index contributed by atoms with van der Waals surface area (Å²) in [6.45, 7) is 6.17. The number of hydrogen-bond acceptors (Lipinski definition) is 3. The number of pyridine rings is 1. The van der Waals surface area contributed by atoms with Gasteiger partial charge in [0.15, 0.2) is 5.43 Å². The molecule has 1 saturated heterocycles. The van der Waals surface area contributed by atoms with E-state index in [9.17, 15) is 14.7 Å². The van der Waals surface area contributed by atoms with Crippen molar-refractivity contribution in [3.8, 4) is 0 Å². The van der Waals surface area contributed by atoms with Gasteiger partial charge in [-0.05, 0) is 12.8 Å². The Kier molecular flexibility index (Phi) is 3.02. The SMILES string of the molecule is Cc1cc(=O)c(C(=O)N2CC(O)(C(C)C)C2)c[nH]1. The Morgan fingerprint density at radius 3 is 2.61 bits per heavy atom. The number of H-pyrrole nitrogens is 1. The Bertz CT molecular complexity index is 527. The highest BCUT2D eigenvalue weighted by molar-refractivity contribution is 5.94. The van der Waals surface area contributed by atoms with Crippen LogP contribution in [0.1, 0.15) is 29.9 Å². The van der Waals surface area contributed by atoms with E-state index in [1.807, 2.05) is 13.8 Å². The van der Waals surface area contributed by atoms with Crippen molar-refractivity contribution in [3.05, 3.63) is 33.7 Å². The summed E-state index contributed by atoms with van der Waals surface area (Å²) in [4.78, 5) is 28.1. The highest BCUT2D eigenvalue weighted by atomic mass is 16.3. The number of hydrogen-bond donors (Lipinski definition) is 2. The minimum absolute atomic E-state index is 0.0952. The summed E-state index contributed by atoms with van der Waals surface area (Å²) in [6.07, 6.45) is 1.44. The maximum absolute atomic E-state index is 12.1. The molecular weight excluding hydrogens is 232 g/mol. The number of aromatic amines is 1. The summed E-state index contributed by atoms with van der Waals surface area (Å²) in [7, 11) is 0. The van der Waals surface area contributed by atoms with Gasteiger partial charge in [-0.2, -0.15) is 0 Å². The first kappa shape index (κ1) is 12.8. The van der Waals surface area contributed by atoms with Crippen molar-refractivity contribution in [2.45, 2.75) is 26.4 Å². The van der Waals surface area contributed by atoms with Crippen molar-refractivity contribution in [1.29, 1.82) is 0 Å². The fourth-order valence-corrected chi connectivity index (χ4v) is 2.03. The van der Waals surface area contributed by atoms with Crippen LogP contribution in [0.15, 0.2) is 17.1 Å². The molecule has 1 aromatic heterocycles. The molecule has 98 valence electrons. The van der Waals surface area contributed by atoms with Crippen LogP contribution in [0.4, 0.5) is 0 Å². The molecule has 5 heteroatoms. The fourth-order valence-electron chi connectivity index (χ4n) is 2.03. The first-order valence-electron chi connectivity index (χ1n) is 6.04. The van der Waals surface area contributed by atoms with Crippen LogP contribution >= 0.6 is 0 Å². The molecule has 1 fully saturated rings. The third kappa shape index (κ3) is 2.06. The third-order valence-corrected chi connectivity index (χ3v) is 3.58. The number of aromatic nitrogens is 1. The Morgan fingerprint density at radius 1 is 1.50 bits per heavy atom. The van der Waals surface area contributed by atoms with E-state index in [1.165, 1.54) is 17.2 Å². The lowest BCUT2D eigenvalue weighted by Gasteiger charge is -2.48. The Labute approximate surface area is 105 Å². The van der Waals surface area contributed by atoms with Crippen molar-refractivity contribution in [2.24, 2.45) is 5.92 Å². The average molecular weight is 250 g/mol. The van der Waals surface area contributed by atoms with E-state index in [-0.39, 0.29) is 35.9 Å². The summed E-state index contributed by atoms with van der Waals surface area (Å²) >= 11 is 0. The van der Waals surface area contributed by atoms with Gasteiger partial charge in [0.1, 0.15) is 11.2 Å². The molecule has 2 heterocycles. The zero-order valence-corrected chi connectivity index (χ0v) is 10.9. The number of amides is 1. The highest BCUT2D eigenvalue weighted by Gasteiger charge is 2.46. The second-order valence-electron chi connectivity index (χ2n) is 5.31. The zero-order valence-electron chi connectivity index (χ0n) is 10.9. The summed E-state index contributed by atoms with van der Waals surface area (Å²) < 4.78 is 0. The van der Waals surface area contributed by atoms with Gasteiger partial charge in [0.25, 0.3) is 5.91 Å². The number of nitrogens with zero attached hydrogens (tertiary/aromatic N) is 1. The lowest BCUT2D eigenvalue weighted by atomic mass is 9.82. The Hall–Kier alpha value is -1.62. The molecule has 0 radical (unpaired) electrons. The van der Waals surface area contributed by atoms with Crippen LogP contribution in [0.2, 0.25) is 0 Å². The molecule has 0 bridgehead atoms. The molecule has 0 unspecified atom stereocenters. The van der Waals surface area contributed by atoms with Crippen LogP contribution in [0.5, 0.6) is 0 Å². The van der Waals surface area contributed by atoms with Crippen molar-refractivity contribution in [3.63, 3.8) is 0 Å². The van der Waals surface area contributed by atoms with Crippen LogP contribution in [0, 0.1) is 12.8 Å². The van der Waals surface area contributed by atoms with Gasteiger partial charge in [-0.25, -0.2) is 0 Å². The molecule has 0 aliphatic carbocycles. The summed E-state index contributed by atoms with van der Waals surface area (Å²) in [6, 6.07) is 1.40. The molecule has 0 spiro atoms. The summed E-state index contributed by atoms with van der Waals surface area (Å²) in [5.41, 5.74) is -0.242. The quantitative estimate of drug-likeness (QED) is 0.804. The van der Waals surface area contributed by atoms with Gasteiger partial charge in [0.05, 0.1) is 13.1 Å². The van der Waals surface area contributed by atoms with Crippen molar-refractivity contribution < 1.29 is 9.90 Å². The van der Waals surface area contributed by atoms with Gasteiger partial charge >= 0.3 is 0 Å². The van der Waals surface area contributed by atoms with Gasteiger partial charge in [0, 0.05) is 18.0 Å². The number of rotatable bonds is 2. The molecule has 0 atom stereocenters. The number of aliphatic hydroxyl groups is 1. The third-order valence-electron chi connectivity index (χ3n) is 3.58. The van der Waals surface area contributed by atoms with Crippen LogP contribution < -0.4 is 5.43 Å². The molecule has 1 aromatic rings. The lowest BCUT2D eigenvalue weighted by Crippen LogP contribution is -2.66. The molecule has 2 N–H and O–H groups in total. The van der Waals surface area contributed by atoms with E-state index < -0.39 is 5.60 Å². The van der Waals surface area contributed by atoms with Crippen LogP contribution in [0.25, 0.3) is 0 Å². The topological polar surface area (TPSA) is 73.4 Å². The van der Waals surface area contributed by atoms with Crippen LogP contribution in [0.3, 0.4) is 0 Å². The molecular formula is C13H18N2O3. The molecule has 2 rings (SSSR count). The maximum Gasteiger partial charge on any atom is 0.259 e. The van der Waals surface area contributed by atoms with Crippen LogP contribution in [-0.4, -0.2) is 39.6 Å². The zero-order chi connectivity index (χ0) is 13.5. The first-order chi connectivity index (χ1) is 8.33. The number of nitrogens with one attached hydrogen (secondary N) is 1. The average Bonchev–Trinajstić information content (AvgIpc) is 2.23. The molecule has 0 saturated carbocycles. The van der Waals surface area contributed by atoms with Gasteiger partial charge in [-0.3, -0.25) is 9.59 Å². The second kappa shape index (κ2) is 4.24.